The van der Waals surface area contributed by atoms with E-state index >= 15 is 0 Å². The Morgan fingerprint density at radius 2 is 2.00 bits per heavy atom. The number of thiazole rings is 1. The number of alkyl carbamates (subject to hydrolysis) is 1. The monoisotopic (exact) mass is 353 g/mol. The molecule has 0 spiro atoms. The van der Waals surface area contributed by atoms with Gasteiger partial charge in [-0.15, -0.1) is 11.3 Å². The van der Waals surface area contributed by atoms with Crippen LogP contribution in [0.25, 0.3) is 0 Å². The summed E-state index contributed by atoms with van der Waals surface area (Å²) in [7, 11) is 0. The Balaban J connectivity index is 1.93. The maximum atomic E-state index is 12.4. The molecule has 0 bridgehead atoms. The van der Waals surface area contributed by atoms with Gasteiger partial charge in [-0.25, -0.2) is 9.78 Å². The lowest BCUT2D eigenvalue weighted by atomic mass is 9.71. The van der Waals surface area contributed by atoms with Gasteiger partial charge in [0.15, 0.2) is 5.13 Å². The Labute approximate surface area is 147 Å². The number of carbonyl (C=O) groups is 2. The maximum Gasteiger partial charge on any atom is 0.407 e. The number of aromatic nitrogens is 1. The first-order valence-electron chi connectivity index (χ1n) is 8.44. The molecule has 1 aliphatic rings. The van der Waals surface area contributed by atoms with Gasteiger partial charge >= 0.3 is 6.09 Å². The van der Waals surface area contributed by atoms with Crippen LogP contribution in [0.2, 0.25) is 0 Å². The van der Waals surface area contributed by atoms with Crippen molar-refractivity contribution in [1.29, 1.82) is 0 Å². The number of nitrogens with one attached hydrogen (secondary N) is 2. The summed E-state index contributed by atoms with van der Waals surface area (Å²) in [6.07, 6.45) is 6.86. The molecular weight excluding hydrogens is 326 g/mol. The van der Waals surface area contributed by atoms with Crippen molar-refractivity contribution in [2.24, 2.45) is 5.41 Å². The summed E-state index contributed by atoms with van der Waals surface area (Å²) in [6.45, 7) is 5.98. The van der Waals surface area contributed by atoms with Crippen LogP contribution in [-0.4, -0.2) is 29.1 Å². The molecule has 1 heterocycles. The van der Waals surface area contributed by atoms with Crippen molar-refractivity contribution in [1.82, 2.24) is 10.3 Å². The summed E-state index contributed by atoms with van der Waals surface area (Å²) in [5.41, 5.74) is -0.720. The smallest absolute Gasteiger partial charge is 0.407 e. The van der Waals surface area contributed by atoms with Gasteiger partial charge in [0, 0.05) is 24.5 Å². The van der Waals surface area contributed by atoms with E-state index in [1.54, 1.807) is 6.20 Å². The van der Waals surface area contributed by atoms with Gasteiger partial charge in [-0.3, -0.25) is 4.79 Å². The predicted molar refractivity (Wildman–Crippen MR) is 95.1 cm³/mol. The summed E-state index contributed by atoms with van der Waals surface area (Å²) >= 11 is 1.40. The number of amides is 2. The number of hydrogen-bond acceptors (Lipinski definition) is 5. The number of hydrogen-bond donors (Lipinski definition) is 2. The molecule has 0 atom stereocenters. The van der Waals surface area contributed by atoms with Crippen LogP contribution in [0.15, 0.2) is 11.6 Å². The van der Waals surface area contributed by atoms with Gasteiger partial charge < -0.3 is 15.4 Å². The topological polar surface area (TPSA) is 80.3 Å². The number of rotatable bonds is 5. The zero-order valence-electron chi connectivity index (χ0n) is 14.7. The van der Waals surface area contributed by atoms with Crippen LogP contribution in [0.3, 0.4) is 0 Å². The van der Waals surface area contributed by atoms with Gasteiger partial charge in [0.2, 0.25) is 5.91 Å². The van der Waals surface area contributed by atoms with Gasteiger partial charge in [-0.05, 0) is 39.0 Å². The summed E-state index contributed by atoms with van der Waals surface area (Å²) in [5.74, 6) is -0.0437. The van der Waals surface area contributed by atoms with Crippen LogP contribution in [-0.2, 0) is 9.53 Å². The van der Waals surface area contributed by atoms with E-state index < -0.39 is 11.7 Å². The van der Waals surface area contributed by atoms with Crippen molar-refractivity contribution in [3.8, 4) is 0 Å². The molecule has 1 saturated carbocycles. The molecule has 0 aliphatic heterocycles. The van der Waals surface area contributed by atoms with Gasteiger partial charge in [0.1, 0.15) is 5.60 Å². The first-order chi connectivity index (χ1) is 11.3. The van der Waals surface area contributed by atoms with Crippen molar-refractivity contribution in [2.45, 2.75) is 64.9 Å². The fourth-order valence-electron chi connectivity index (χ4n) is 3.08. The molecule has 6 nitrogen and oxygen atoms in total. The zero-order valence-corrected chi connectivity index (χ0v) is 15.5. The van der Waals surface area contributed by atoms with Crippen LogP contribution >= 0.6 is 11.3 Å². The van der Waals surface area contributed by atoms with Crippen LogP contribution in [0.5, 0.6) is 0 Å². The second-order valence-corrected chi connectivity index (χ2v) is 8.37. The molecule has 24 heavy (non-hydrogen) atoms. The van der Waals surface area contributed by atoms with Crippen LogP contribution in [0.4, 0.5) is 9.93 Å². The average molecular weight is 353 g/mol. The number of anilines is 1. The number of nitrogens with zero attached hydrogens (tertiary/aromatic N) is 1. The lowest BCUT2D eigenvalue weighted by molar-refractivity contribution is -0.119. The van der Waals surface area contributed by atoms with E-state index in [1.807, 2.05) is 26.2 Å². The molecule has 1 aromatic rings. The van der Waals surface area contributed by atoms with E-state index in [9.17, 15) is 9.59 Å². The maximum absolute atomic E-state index is 12.4. The second-order valence-electron chi connectivity index (χ2n) is 7.48. The quantitative estimate of drug-likeness (QED) is 0.840. The molecule has 2 amide bonds. The Morgan fingerprint density at radius 3 is 2.58 bits per heavy atom. The molecule has 0 radical (unpaired) electrons. The first kappa shape index (κ1) is 18.7. The van der Waals surface area contributed by atoms with Crippen LogP contribution in [0.1, 0.15) is 59.3 Å². The number of carbonyl (C=O) groups excluding carboxylic acids is 2. The van der Waals surface area contributed by atoms with Gasteiger partial charge in [0.25, 0.3) is 0 Å². The Hall–Kier alpha value is -1.63. The summed E-state index contributed by atoms with van der Waals surface area (Å²) in [5, 5.41) is 8.15. The zero-order chi connectivity index (χ0) is 17.6. The summed E-state index contributed by atoms with van der Waals surface area (Å²) < 4.78 is 5.31. The van der Waals surface area contributed by atoms with Crippen molar-refractivity contribution in [3.63, 3.8) is 0 Å². The number of ether oxygens (including phenoxy) is 1. The molecule has 0 aromatic carbocycles. The first-order valence-corrected chi connectivity index (χ1v) is 9.32. The highest BCUT2D eigenvalue weighted by molar-refractivity contribution is 7.13. The molecule has 134 valence electrons. The highest BCUT2D eigenvalue weighted by Crippen LogP contribution is 2.39. The minimum atomic E-state index is -0.522. The van der Waals surface area contributed by atoms with Gasteiger partial charge in [-0.1, -0.05) is 19.3 Å². The fraction of sp³-hybridized carbons (Fsp3) is 0.706. The van der Waals surface area contributed by atoms with E-state index in [4.69, 9.17) is 4.74 Å². The molecule has 2 N–H and O–H groups in total. The lowest BCUT2D eigenvalue weighted by Crippen LogP contribution is -2.43. The van der Waals surface area contributed by atoms with E-state index in [1.165, 1.54) is 17.8 Å². The largest absolute Gasteiger partial charge is 0.444 e. The third-order valence-corrected chi connectivity index (χ3v) is 4.82. The van der Waals surface area contributed by atoms with Crippen LogP contribution in [0, 0.1) is 5.41 Å². The Kier molecular flexibility index (Phi) is 6.21. The third-order valence-electron chi connectivity index (χ3n) is 4.14. The molecule has 1 aliphatic carbocycles. The van der Waals surface area contributed by atoms with E-state index in [0.29, 0.717) is 18.1 Å². The summed E-state index contributed by atoms with van der Waals surface area (Å²) in [6, 6.07) is 0. The highest BCUT2D eigenvalue weighted by atomic mass is 32.1. The van der Waals surface area contributed by atoms with Gasteiger partial charge in [0.05, 0.1) is 0 Å². The van der Waals surface area contributed by atoms with Crippen molar-refractivity contribution < 1.29 is 14.3 Å². The van der Waals surface area contributed by atoms with E-state index in [-0.39, 0.29) is 11.3 Å². The predicted octanol–water partition coefficient (Wildman–Crippen LogP) is 3.95. The van der Waals surface area contributed by atoms with E-state index in [0.717, 1.165) is 25.7 Å². The average Bonchev–Trinajstić information content (AvgIpc) is 2.97. The summed E-state index contributed by atoms with van der Waals surface area (Å²) in [4.78, 5) is 28.4. The standard InChI is InChI=1S/C17H27N3O3S/c1-16(2,3)23-15(22)19-12-17(7-5-4-6-8-17)11-13(21)20-14-18-9-10-24-14/h9-10H,4-8,11-12H2,1-3H3,(H,19,22)(H,18,20,21). The molecule has 1 fully saturated rings. The highest BCUT2D eigenvalue weighted by Gasteiger charge is 2.35. The molecule has 0 saturated heterocycles. The Bertz CT molecular complexity index is 546. The third kappa shape index (κ3) is 6.11. The fourth-order valence-corrected chi connectivity index (χ4v) is 3.63. The second kappa shape index (κ2) is 7.96. The minimum absolute atomic E-state index is 0.0437. The van der Waals surface area contributed by atoms with Crippen molar-refractivity contribution in [2.75, 3.05) is 11.9 Å². The molecule has 2 rings (SSSR count). The van der Waals surface area contributed by atoms with Crippen molar-refractivity contribution in [3.05, 3.63) is 11.6 Å². The molecule has 1 aromatic heterocycles. The SMILES string of the molecule is CC(C)(C)OC(=O)NCC1(CC(=O)Nc2nccs2)CCCCC1. The molecular formula is C17H27N3O3S. The molecule has 0 unspecified atom stereocenters. The van der Waals surface area contributed by atoms with Crippen molar-refractivity contribution >= 4 is 28.5 Å². The minimum Gasteiger partial charge on any atom is -0.444 e. The Morgan fingerprint density at radius 1 is 1.29 bits per heavy atom. The lowest BCUT2D eigenvalue weighted by Gasteiger charge is -2.37. The van der Waals surface area contributed by atoms with Gasteiger partial charge in [-0.2, -0.15) is 0 Å². The van der Waals surface area contributed by atoms with E-state index in [2.05, 4.69) is 15.6 Å². The molecule has 7 heteroatoms. The van der Waals surface area contributed by atoms with Crippen LogP contribution < -0.4 is 10.6 Å². The normalized spacial score (nSPS) is 17.1.